The molecule has 0 saturated carbocycles. The van der Waals surface area contributed by atoms with Crippen molar-refractivity contribution in [1.82, 2.24) is 0 Å². The zero-order chi connectivity index (χ0) is 21.4. The van der Waals surface area contributed by atoms with Crippen LogP contribution < -0.4 is 9.47 Å². The molecule has 0 bridgehead atoms. The average Bonchev–Trinajstić information content (AvgIpc) is 3.07. The molecule has 2 aliphatic rings. The number of hydrogen-bond acceptors (Lipinski definition) is 3. The molecule has 1 aromatic carbocycles. The van der Waals surface area contributed by atoms with Crippen molar-refractivity contribution in [3.05, 3.63) is 41.0 Å². The predicted octanol–water partition coefficient (Wildman–Crippen LogP) is 7.20. The van der Waals surface area contributed by atoms with Crippen molar-refractivity contribution >= 4 is 14.4 Å². The Hall–Kier alpha value is -1.52. The van der Waals surface area contributed by atoms with E-state index in [4.69, 9.17) is 13.9 Å². The fourth-order valence-corrected chi connectivity index (χ4v) is 5.08. The van der Waals surface area contributed by atoms with Crippen molar-refractivity contribution < 1.29 is 13.9 Å². The minimum absolute atomic E-state index is 0.0948. The van der Waals surface area contributed by atoms with Crippen molar-refractivity contribution in [2.45, 2.75) is 72.5 Å². The van der Waals surface area contributed by atoms with Crippen LogP contribution in [0.15, 0.2) is 35.4 Å². The summed E-state index contributed by atoms with van der Waals surface area (Å²) in [7, 11) is -1.73. The first kappa shape index (κ1) is 22.2. The van der Waals surface area contributed by atoms with Crippen LogP contribution in [0.1, 0.15) is 59.9 Å². The Balaban J connectivity index is 1.76. The van der Waals surface area contributed by atoms with E-state index in [9.17, 15) is 0 Å². The molecule has 160 valence electrons. The summed E-state index contributed by atoms with van der Waals surface area (Å²) in [5, 5.41) is 0.250. The number of fused-ring (bicyclic) bond motifs is 1. The zero-order valence-corrected chi connectivity index (χ0v) is 20.5. The molecule has 1 aliphatic heterocycles. The molecule has 1 aliphatic carbocycles. The molecule has 3 nitrogen and oxygen atoms in total. The van der Waals surface area contributed by atoms with Gasteiger partial charge >= 0.3 is 0 Å². The van der Waals surface area contributed by atoms with Crippen LogP contribution in [0.3, 0.4) is 0 Å². The number of hydrogen-bond donors (Lipinski definition) is 0. The van der Waals surface area contributed by atoms with Gasteiger partial charge in [-0.3, -0.25) is 0 Å². The summed E-state index contributed by atoms with van der Waals surface area (Å²) in [4.78, 5) is 0. The summed E-state index contributed by atoms with van der Waals surface area (Å²) < 4.78 is 17.6. The van der Waals surface area contributed by atoms with Gasteiger partial charge in [-0.15, -0.1) is 0 Å². The highest BCUT2D eigenvalue weighted by Crippen LogP contribution is 2.47. The van der Waals surface area contributed by atoms with Crippen LogP contribution in [0, 0.1) is 11.3 Å². The highest BCUT2D eigenvalue weighted by Gasteiger charge is 2.41. The molecule has 0 amide bonds. The molecule has 4 heteroatoms. The van der Waals surface area contributed by atoms with Crippen LogP contribution in [0.2, 0.25) is 18.1 Å². The van der Waals surface area contributed by atoms with E-state index >= 15 is 0 Å². The standard InChI is InChI=1S/C25H38O3Si/c1-18-9-12-20(16-28-29(7,8)24(2,3)4)25(5,6)21(18)13-10-19-11-14-22-23(15-19)27-17-26-22/h10-11,13-15,20H,9,12,16-17H2,1-8H3/b13-10+. The third-order valence-electron chi connectivity index (χ3n) is 7.33. The first-order valence-corrected chi connectivity index (χ1v) is 13.7. The molecule has 1 unspecified atom stereocenters. The van der Waals surface area contributed by atoms with E-state index in [1.165, 1.54) is 17.6 Å². The lowest BCUT2D eigenvalue weighted by atomic mass is 9.65. The van der Waals surface area contributed by atoms with Gasteiger partial charge in [0.1, 0.15) is 0 Å². The highest BCUT2D eigenvalue weighted by atomic mass is 28.4. The van der Waals surface area contributed by atoms with Crippen molar-refractivity contribution in [1.29, 1.82) is 0 Å². The molecule has 1 atom stereocenters. The largest absolute Gasteiger partial charge is 0.454 e. The Labute approximate surface area is 178 Å². The summed E-state index contributed by atoms with van der Waals surface area (Å²) in [5.74, 6) is 2.21. The topological polar surface area (TPSA) is 27.7 Å². The van der Waals surface area contributed by atoms with E-state index < -0.39 is 8.32 Å². The summed E-state index contributed by atoms with van der Waals surface area (Å²) >= 11 is 0. The molecule has 0 fully saturated rings. The molecule has 29 heavy (non-hydrogen) atoms. The Morgan fingerprint density at radius 3 is 2.52 bits per heavy atom. The van der Waals surface area contributed by atoms with Gasteiger partial charge < -0.3 is 13.9 Å². The first-order chi connectivity index (χ1) is 13.4. The van der Waals surface area contributed by atoms with Crippen molar-refractivity contribution in [2.24, 2.45) is 11.3 Å². The number of ether oxygens (including phenoxy) is 2. The van der Waals surface area contributed by atoms with Gasteiger partial charge in [0.25, 0.3) is 0 Å². The van der Waals surface area contributed by atoms with Crippen LogP contribution >= 0.6 is 0 Å². The lowest BCUT2D eigenvalue weighted by Crippen LogP contribution is -2.44. The molecule has 3 rings (SSSR count). The van der Waals surface area contributed by atoms with Gasteiger partial charge in [0.2, 0.25) is 6.79 Å². The highest BCUT2D eigenvalue weighted by molar-refractivity contribution is 6.74. The second-order valence-corrected chi connectivity index (χ2v) is 15.5. The molecular formula is C25H38O3Si. The van der Waals surface area contributed by atoms with Crippen LogP contribution in [0.4, 0.5) is 0 Å². The third kappa shape index (κ3) is 4.64. The molecule has 0 saturated heterocycles. The molecule has 0 N–H and O–H groups in total. The molecule has 0 aromatic heterocycles. The first-order valence-electron chi connectivity index (χ1n) is 10.8. The van der Waals surface area contributed by atoms with Crippen LogP contribution in [-0.2, 0) is 4.43 Å². The maximum Gasteiger partial charge on any atom is 0.231 e. The van der Waals surface area contributed by atoms with Gasteiger partial charge in [-0.25, -0.2) is 0 Å². The van der Waals surface area contributed by atoms with Gasteiger partial charge in [-0.1, -0.05) is 58.4 Å². The number of allylic oxidation sites excluding steroid dienone is 3. The predicted molar refractivity (Wildman–Crippen MR) is 124 cm³/mol. The normalized spacial score (nSPS) is 21.9. The molecule has 1 aromatic rings. The van der Waals surface area contributed by atoms with Crippen LogP contribution in [-0.4, -0.2) is 21.7 Å². The smallest absolute Gasteiger partial charge is 0.231 e. The van der Waals surface area contributed by atoms with Gasteiger partial charge in [0.15, 0.2) is 19.8 Å². The average molecular weight is 415 g/mol. The summed E-state index contributed by atoms with van der Waals surface area (Å²) in [5.41, 5.74) is 4.18. The minimum Gasteiger partial charge on any atom is -0.454 e. The van der Waals surface area contributed by atoms with E-state index in [0.29, 0.717) is 12.7 Å². The van der Waals surface area contributed by atoms with Gasteiger partial charge in [-0.05, 0) is 72.5 Å². The Morgan fingerprint density at radius 2 is 1.83 bits per heavy atom. The summed E-state index contributed by atoms with van der Waals surface area (Å²) in [6.45, 7) is 19.9. The van der Waals surface area contributed by atoms with Crippen LogP contribution in [0.25, 0.3) is 6.08 Å². The second-order valence-electron chi connectivity index (χ2n) is 10.7. The Morgan fingerprint density at radius 1 is 1.14 bits per heavy atom. The monoisotopic (exact) mass is 414 g/mol. The fourth-order valence-electron chi connectivity index (χ4n) is 4.03. The van der Waals surface area contributed by atoms with E-state index in [1.807, 2.05) is 6.07 Å². The van der Waals surface area contributed by atoms with E-state index in [1.54, 1.807) is 0 Å². The van der Waals surface area contributed by atoms with E-state index in [-0.39, 0.29) is 10.5 Å². The van der Waals surface area contributed by atoms with E-state index in [2.05, 4.69) is 78.9 Å². The fraction of sp³-hybridized carbons (Fsp3) is 0.600. The Bertz CT molecular complexity index is 812. The molecule has 0 radical (unpaired) electrons. The van der Waals surface area contributed by atoms with Crippen molar-refractivity contribution in [3.63, 3.8) is 0 Å². The maximum atomic E-state index is 6.63. The number of benzene rings is 1. The minimum atomic E-state index is -1.73. The van der Waals surface area contributed by atoms with Crippen molar-refractivity contribution in [2.75, 3.05) is 13.4 Å². The third-order valence-corrected chi connectivity index (χ3v) is 11.8. The zero-order valence-electron chi connectivity index (χ0n) is 19.5. The van der Waals surface area contributed by atoms with Gasteiger partial charge in [0.05, 0.1) is 0 Å². The second kappa shape index (κ2) is 7.96. The van der Waals surface area contributed by atoms with Gasteiger partial charge in [0, 0.05) is 6.61 Å². The molecular weight excluding hydrogens is 376 g/mol. The maximum absolute atomic E-state index is 6.63. The molecule has 0 spiro atoms. The molecule has 1 heterocycles. The van der Waals surface area contributed by atoms with Crippen LogP contribution in [0.5, 0.6) is 11.5 Å². The lowest BCUT2D eigenvalue weighted by molar-refractivity contribution is 0.133. The summed E-state index contributed by atoms with van der Waals surface area (Å²) in [6.07, 6.45) is 6.87. The van der Waals surface area contributed by atoms with Crippen molar-refractivity contribution in [3.8, 4) is 11.5 Å². The van der Waals surface area contributed by atoms with Gasteiger partial charge in [-0.2, -0.15) is 0 Å². The Kier molecular flexibility index (Phi) is 6.08. The quantitative estimate of drug-likeness (QED) is 0.477. The van der Waals surface area contributed by atoms with E-state index in [0.717, 1.165) is 30.1 Å². The number of rotatable bonds is 5. The lowest BCUT2D eigenvalue weighted by Gasteiger charge is -2.44. The summed E-state index contributed by atoms with van der Waals surface area (Å²) in [6, 6.07) is 6.14. The SMILES string of the molecule is CC1=C(/C=C/c2ccc3c(c2)OCO3)C(C)(C)C(CO[Si](C)(C)C(C)(C)C)CC1.